The third-order valence-electron chi connectivity index (χ3n) is 1.96. The first kappa shape index (κ1) is 13.6. The maximum atomic E-state index is 11.7. The second kappa shape index (κ2) is 5.77. The Labute approximate surface area is 104 Å². The van der Waals surface area contributed by atoms with Crippen LogP contribution in [-0.4, -0.2) is 26.2 Å². The van der Waals surface area contributed by atoms with E-state index in [2.05, 4.69) is 20.7 Å². The lowest BCUT2D eigenvalue weighted by Gasteiger charge is -2.08. The molecule has 0 unspecified atom stereocenters. The Morgan fingerprint density at radius 1 is 1.38 bits per heavy atom. The monoisotopic (exact) mass is 307 g/mol. The van der Waals surface area contributed by atoms with Crippen LogP contribution in [0.3, 0.4) is 0 Å². The van der Waals surface area contributed by atoms with Crippen LogP contribution in [-0.2, 0) is 15.4 Å². The Hall–Kier alpha value is -0.430. The van der Waals surface area contributed by atoms with Crippen LogP contribution >= 0.6 is 15.9 Å². The molecule has 1 aromatic carbocycles. The minimum atomic E-state index is -3.51. The molecule has 0 saturated carbocycles. The highest BCUT2D eigenvalue weighted by molar-refractivity contribution is 9.08. The predicted molar refractivity (Wildman–Crippen MR) is 65.9 cm³/mol. The average molecular weight is 308 g/mol. The number of alkyl halides is 1. The molecule has 90 valence electrons. The maximum Gasteiger partial charge on any atom is 0.240 e. The summed E-state index contributed by atoms with van der Waals surface area (Å²) >= 11 is 3.28. The zero-order valence-electron chi connectivity index (χ0n) is 8.85. The number of hydrogen-bond donors (Lipinski definition) is 2. The molecule has 0 aliphatic heterocycles. The molecule has 1 aromatic rings. The SMILES string of the molecule is C[C@@H](O)CNS(=O)(=O)c1ccc(CBr)cc1. The van der Waals surface area contributed by atoms with E-state index in [-0.39, 0.29) is 11.4 Å². The Balaban J connectivity index is 2.82. The van der Waals surface area contributed by atoms with E-state index in [1.54, 1.807) is 24.3 Å². The number of halogens is 1. The summed E-state index contributed by atoms with van der Waals surface area (Å²) in [6.07, 6.45) is -0.698. The lowest BCUT2D eigenvalue weighted by Crippen LogP contribution is -2.30. The standard InChI is InChI=1S/C10H14BrNO3S/c1-8(13)7-12-16(14,15)10-4-2-9(6-11)3-5-10/h2-5,8,12-13H,6-7H2,1H3/t8-/m1/s1. The molecule has 2 N–H and O–H groups in total. The van der Waals surface area contributed by atoms with Gasteiger partial charge < -0.3 is 5.11 Å². The first-order valence-corrected chi connectivity index (χ1v) is 7.39. The van der Waals surface area contributed by atoms with Crippen LogP contribution in [0.25, 0.3) is 0 Å². The molecule has 0 amide bonds. The van der Waals surface area contributed by atoms with Crippen molar-refractivity contribution < 1.29 is 13.5 Å². The fourth-order valence-electron chi connectivity index (χ4n) is 1.07. The molecular formula is C10H14BrNO3S. The summed E-state index contributed by atoms with van der Waals surface area (Å²) in [4.78, 5) is 0.206. The number of rotatable bonds is 5. The van der Waals surface area contributed by atoms with Crippen LogP contribution in [0.1, 0.15) is 12.5 Å². The van der Waals surface area contributed by atoms with E-state index in [1.807, 2.05) is 0 Å². The van der Waals surface area contributed by atoms with Crippen molar-refractivity contribution in [1.29, 1.82) is 0 Å². The van der Waals surface area contributed by atoms with E-state index in [4.69, 9.17) is 5.11 Å². The number of nitrogens with one attached hydrogen (secondary N) is 1. The van der Waals surface area contributed by atoms with Crippen LogP contribution < -0.4 is 4.72 Å². The highest BCUT2D eigenvalue weighted by Crippen LogP contribution is 2.12. The maximum absolute atomic E-state index is 11.7. The Morgan fingerprint density at radius 3 is 2.38 bits per heavy atom. The number of hydrogen-bond acceptors (Lipinski definition) is 3. The molecule has 0 radical (unpaired) electrons. The molecule has 0 fully saturated rings. The number of aliphatic hydroxyl groups is 1. The van der Waals surface area contributed by atoms with Crippen molar-refractivity contribution in [3.63, 3.8) is 0 Å². The van der Waals surface area contributed by atoms with Crippen molar-refractivity contribution in [2.24, 2.45) is 0 Å². The second-order valence-corrected chi connectivity index (χ2v) is 5.81. The number of aliphatic hydroxyl groups excluding tert-OH is 1. The lowest BCUT2D eigenvalue weighted by molar-refractivity contribution is 0.198. The van der Waals surface area contributed by atoms with E-state index < -0.39 is 16.1 Å². The van der Waals surface area contributed by atoms with Gasteiger partial charge in [-0.25, -0.2) is 13.1 Å². The summed E-state index contributed by atoms with van der Waals surface area (Å²) in [6.45, 7) is 1.54. The molecule has 4 nitrogen and oxygen atoms in total. The fourth-order valence-corrected chi connectivity index (χ4v) is 2.57. The molecule has 0 aliphatic rings. The minimum Gasteiger partial charge on any atom is -0.392 e. The van der Waals surface area contributed by atoms with Crippen LogP contribution in [0, 0.1) is 0 Å². The Bertz CT molecular complexity index is 428. The van der Waals surface area contributed by atoms with Gasteiger partial charge in [0.1, 0.15) is 0 Å². The smallest absolute Gasteiger partial charge is 0.240 e. The van der Waals surface area contributed by atoms with Crippen LogP contribution in [0.4, 0.5) is 0 Å². The number of benzene rings is 1. The molecule has 1 rings (SSSR count). The minimum absolute atomic E-state index is 0.0164. The lowest BCUT2D eigenvalue weighted by atomic mass is 10.2. The number of sulfonamides is 1. The van der Waals surface area contributed by atoms with Crippen molar-refractivity contribution in [1.82, 2.24) is 4.72 Å². The first-order chi connectivity index (χ1) is 7.45. The summed E-state index contributed by atoms with van der Waals surface area (Å²) in [5.41, 5.74) is 1.01. The molecule has 0 aliphatic carbocycles. The largest absolute Gasteiger partial charge is 0.392 e. The summed E-state index contributed by atoms with van der Waals surface area (Å²) in [5.74, 6) is 0. The van der Waals surface area contributed by atoms with Gasteiger partial charge in [-0.1, -0.05) is 28.1 Å². The average Bonchev–Trinajstić information content (AvgIpc) is 2.27. The zero-order valence-corrected chi connectivity index (χ0v) is 11.3. The predicted octanol–water partition coefficient (Wildman–Crippen LogP) is 1.24. The van der Waals surface area contributed by atoms with Gasteiger partial charge in [0.15, 0.2) is 0 Å². The van der Waals surface area contributed by atoms with E-state index in [0.29, 0.717) is 5.33 Å². The Morgan fingerprint density at radius 2 is 1.94 bits per heavy atom. The van der Waals surface area contributed by atoms with Crippen molar-refractivity contribution in [2.75, 3.05) is 6.54 Å². The fraction of sp³-hybridized carbons (Fsp3) is 0.400. The molecule has 1 atom stereocenters. The molecule has 0 saturated heterocycles. The Kier molecular flexibility index (Phi) is 4.91. The summed E-state index contributed by atoms with van der Waals surface area (Å²) in [5, 5.41) is 9.70. The third kappa shape index (κ3) is 3.86. The van der Waals surface area contributed by atoms with Gasteiger partial charge in [-0.3, -0.25) is 0 Å². The highest BCUT2D eigenvalue weighted by atomic mass is 79.9. The van der Waals surface area contributed by atoms with Crippen molar-refractivity contribution in [3.05, 3.63) is 29.8 Å². The normalized spacial score (nSPS) is 13.7. The van der Waals surface area contributed by atoms with Crippen molar-refractivity contribution in [3.8, 4) is 0 Å². The van der Waals surface area contributed by atoms with E-state index >= 15 is 0 Å². The molecule has 0 spiro atoms. The molecule has 0 heterocycles. The van der Waals surface area contributed by atoms with Crippen LogP contribution in [0.2, 0.25) is 0 Å². The van der Waals surface area contributed by atoms with Gasteiger partial charge >= 0.3 is 0 Å². The molecular weight excluding hydrogens is 294 g/mol. The third-order valence-corrected chi connectivity index (χ3v) is 4.04. The van der Waals surface area contributed by atoms with Crippen LogP contribution in [0.5, 0.6) is 0 Å². The summed E-state index contributed by atoms with van der Waals surface area (Å²) < 4.78 is 25.7. The van der Waals surface area contributed by atoms with E-state index in [0.717, 1.165) is 5.56 Å². The van der Waals surface area contributed by atoms with Gasteiger partial charge in [0.25, 0.3) is 0 Å². The van der Waals surface area contributed by atoms with Gasteiger partial charge in [0.2, 0.25) is 10.0 Å². The van der Waals surface area contributed by atoms with Crippen molar-refractivity contribution in [2.45, 2.75) is 23.3 Å². The second-order valence-electron chi connectivity index (χ2n) is 3.48. The van der Waals surface area contributed by atoms with Gasteiger partial charge in [-0.05, 0) is 24.6 Å². The first-order valence-electron chi connectivity index (χ1n) is 4.78. The summed E-state index contributed by atoms with van der Waals surface area (Å²) in [7, 11) is -3.51. The van der Waals surface area contributed by atoms with E-state index in [1.165, 1.54) is 6.92 Å². The van der Waals surface area contributed by atoms with Gasteiger partial charge in [0, 0.05) is 11.9 Å². The molecule has 0 bridgehead atoms. The zero-order chi connectivity index (χ0) is 12.2. The molecule has 6 heteroatoms. The van der Waals surface area contributed by atoms with Gasteiger partial charge in [0.05, 0.1) is 11.0 Å². The molecule has 0 aromatic heterocycles. The summed E-state index contributed by atoms with van der Waals surface area (Å²) in [6, 6.07) is 6.57. The topological polar surface area (TPSA) is 66.4 Å². The van der Waals surface area contributed by atoms with Gasteiger partial charge in [-0.15, -0.1) is 0 Å². The van der Waals surface area contributed by atoms with E-state index in [9.17, 15) is 8.42 Å². The highest BCUT2D eigenvalue weighted by Gasteiger charge is 2.13. The van der Waals surface area contributed by atoms with Crippen LogP contribution in [0.15, 0.2) is 29.2 Å². The quantitative estimate of drug-likeness (QED) is 0.804. The van der Waals surface area contributed by atoms with Crippen molar-refractivity contribution >= 4 is 26.0 Å². The van der Waals surface area contributed by atoms with Gasteiger partial charge in [-0.2, -0.15) is 0 Å². The molecule has 16 heavy (non-hydrogen) atoms.